The van der Waals surface area contributed by atoms with Crippen LogP contribution in [0.15, 0.2) is 58.2 Å². The van der Waals surface area contributed by atoms with Crippen LogP contribution in [0.5, 0.6) is 5.75 Å². The lowest BCUT2D eigenvalue weighted by Gasteiger charge is -2.01. The standard InChI is InChI=1S/C17H13ClN2O3S/c1-22-12-8-6-11(7-9-12)10-15(21)24-17-20-19-16(23-17)13-4-2-3-5-14(13)18/h2-9H,10H2,1H3. The summed E-state index contributed by atoms with van der Waals surface area (Å²) < 4.78 is 10.6. The van der Waals surface area contributed by atoms with Crippen LogP contribution in [0.3, 0.4) is 0 Å². The average Bonchev–Trinajstić information content (AvgIpc) is 3.04. The van der Waals surface area contributed by atoms with Crippen molar-refractivity contribution in [3.63, 3.8) is 0 Å². The molecule has 2 aromatic carbocycles. The number of thioether (sulfide) groups is 1. The third-order valence-corrected chi connectivity index (χ3v) is 4.26. The van der Waals surface area contributed by atoms with Crippen molar-refractivity contribution in [2.75, 3.05) is 7.11 Å². The van der Waals surface area contributed by atoms with Crippen molar-refractivity contribution in [1.29, 1.82) is 0 Å². The second kappa shape index (κ2) is 7.51. The maximum atomic E-state index is 12.1. The predicted molar refractivity (Wildman–Crippen MR) is 92.3 cm³/mol. The predicted octanol–water partition coefficient (Wildman–Crippen LogP) is 4.26. The molecule has 0 saturated carbocycles. The highest BCUT2D eigenvalue weighted by Gasteiger charge is 2.15. The van der Waals surface area contributed by atoms with Crippen molar-refractivity contribution in [3.05, 3.63) is 59.1 Å². The molecule has 3 aromatic rings. The normalized spacial score (nSPS) is 10.6. The molecule has 0 radical (unpaired) electrons. The third kappa shape index (κ3) is 3.96. The van der Waals surface area contributed by atoms with E-state index in [2.05, 4.69) is 10.2 Å². The van der Waals surface area contributed by atoms with Gasteiger partial charge in [-0.15, -0.1) is 10.2 Å². The summed E-state index contributed by atoms with van der Waals surface area (Å²) in [7, 11) is 1.60. The summed E-state index contributed by atoms with van der Waals surface area (Å²) >= 11 is 7.01. The van der Waals surface area contributed by atoms with Crippen LogP contribution in [-0.4, -0.2) is 22.4 Å². The minimum absolute atomic E-state index is 0.0884. The lowest BCUT2D eigenvalue weighted by Crippen LogP contribution is -1.97. The summed E-state index contributed by atoms with van der Waals surface area (Å²) in [5.41, 5.74) is 1.53. The van der Waals surface area contributed by atoms with Gasteiger partial charge in [0, 0.05) is 18.2 Å². The second-order valence-electron chi connectivity index (χ2n) is 4.85. The van der Waals surface area contributed by atoms with E-state index in [4.69, 9.17) is 20.8 Å². The summed E-state index contributed by atoms with van der Waals surface area (Å²) in [5.74, 6) is 1.04. The molecule has 5 nitrogen and oxygen atoms in total. The van der Waals surface area contributed by atoms with Gasteiger partial charge in [0.25, 0.3) is 5.22 Å². The van der Waals surface area contributed by atoms with Crippen LogP contribution in [0.25, 0.3) is 11.5 Å². The van der Waals surface area contributed by atoms with Gasteiger partial charge in [-0.3, -0.25) is 4.79 Å². The van der Waals surface area contributed by atoms with Crippen LogP contribution in [0.2, 0.25) is 5.02 Å². The molecule has 0 aliphatic heterocycles. The average molecular weight is 361 g/mol. The molecule has 0 unspecified atom stereocenters. The van der Waals surface area contributed by atoms with Gasteiger partial charge < -0.3 is 9.15 Å². The maximum absolute atomic E-state index is 12.1. The van der Waals surface area contributed by atoms with Gasteiger partial charge in [0.2, 0.25) is 11.0 Å². The Hall–Kier alpha value is -2.31. The van der Waals surface area contributed by atoms with Crippen LogP contribution in [0.1, 0.15) is 5.56 Å². The van der Waals surface area contributed by atoms with Crippen LogP contribution in [0, 0.1) is 0 Å². The molecule has 3 rings (SSSR count). The van der Waals surface area contributed by atoms with Gasteiger partial charge in [-0.05, 0) is 29.8 Å². The first-order valence-electron chi connectivity index (χ1n) is 7.08. The van der Waals surface area contributed by atoms with Crippen molar-refractivity contribution in [1.82, 2.24) is 10.2 Å². The highest BCUT2D eigenvalue weighted by Crippen LogP contribution is 2.29. The Morgan fingerprint density at radius 3 is 2.62 bits per heavy atom. The number of hydrogen-bond acceptors (Lipinski definition) is 6. The van der Waals surface area contributed by atoms with E-state index < -0.39 is 0 Å². The molecule has 24 heavy (non-hydrogen) atoms. The van der Waals surface area contributed by atoms with Crippen molar-refractivity contribution < 1.29 is 13.9 Å². The Morgan fingerprint density at radius 2 is 1.92 bits per heavy atom. The summed E-state index contributed by atoms with van der Waals surface area (Å²) in [6.07, 6.45) is 0.262. The first kappa shape index (κ1) is 16.5. The Kier molecular flexibility index (Phi) is 5.17. The number of aromatic nitrogens is 2. The number of carbonyl (C=O) groups excluding carboxylic acids is 1. The highest BCUT2D eigenvalue weighted by molar-refractivity contribution is 8.13. The molecule has 122 valence electrons. The number of hydrogen-bond donors (Lipinski definition) is 0. The monoisotopic (exact) mass is 360 g/mol. The van der Waals surface area contributed by atoms with Gasteiger partial charge in [0.15, 0.2) is 0 Å². The Morgan fingerprint density at radius 1 is 1.17 bits per heavy atom. The molecule has 0 N–H and O–H groups in total. The smallest absolute Gasteiger partial charge is 0.284 e. The first-order valence-corrected chi connectivity index (χ1v) is 8.27. The Balaban J connectivity index is 1.66. The van der Waals surface area contributed by atoms with E-state index in [-0.39, 0.29) is 16.8 Å². The first-order chi connectivity index (χ1) is 11.7. The molecule has 0 bridgehead atoms. The van der Waals surface area contributed by atoms with Gasteiger partial charge in [-0.2, -0.15) is 0 Å². The van der Waals surface area contributed by atoms with Crippen molar-refractivity contribution >= 4 is 28.5 Å². The van der Waals surface area contributed by atoms with E-state index in [1.54, 1.807) is 19.2 Å². The Labute approximate surface area is 148 Å². The molecular weight excluding hydrogens is 348 g/mol. The quantitative estimate of drug-likeness (QED) is 0.633. The van der Waals surface area contributed by atoms with Crippen molar-refractivity contribution in [2.24, 2.45) is 0 Å². The molecule has 0 atom stereocenters. The number of halogens is 1. The van der Waals surface area contributed by atoms with E-state index >= 15 is 0 Å². The van der Waals surface area contributed by atoms with E-state index in [0.29, 0.717) is 16.5 Å². The molecular formula is C17H13ClN2O3S. The van der Waals surface area contributed by atoms with Crippen LogP contribution in [0.4, 0.5) is 0 Å². The largest absolute Gasteiger partial charge is 0.497 e. The fraction of sp³-hybridized carbons (Fsp3) is 0.118. The van der Waals surface area contributed by atoms with E-state index in [1.807, 2.05) is 36.4 Å². The summed E-state index contributed by atoms with van der Waals surface area (Å²) in [6, 6.07) is 14.5. The molecule has 1 aromatic heterocycles. The number of carbonyl (C=O) groups is 1. The molecule has 0 saturated heterocycles. The van der Waals surface area contributed by atoms with Gasteiger partial charge in [-0.1, -0.05) is 35.9 Å². The van der Waals surface area contributed by atoms with Crippen molar-refractivity contribution in [2.45, 2.75) is 11.6 Å². The fourth-order valence-electron chi connectivity index (χ4n) is 2.04. The van der Waals surface area contributed by atoms with E-state index in [9.17, 15) is 4.79 Å². The molecule has 0 fully saturated rings. The zero-order chi connectivity index (χ0) is 16.9. The molecule has 0 spiro atoms. The summed E-state index contributed by atoms with van der Waals surface area (Å²) in [4.78, 5) is 12.1. The zero-order valence-electron chi connectivity index (χ0n) is 12.7. The summed E-state index contributed by atoms with van der Waals surface area (Å²) in [6.45, 7) is 0. The second-order valence-corrected chi connectivity index (χ2v) is 6.27. The zero-order valence-corrected chi connectivity index (χ0v) is 14.3. The minimum atomic E-state index is -0.0884. The van der Waals surface area contributed by atoms with E-state index in [0.717, 1.165) is 23.1 Å². The third-order valence-electron chi connectivity index (χ3n) is 3.22. The van der Waals surface area contributed by atoms with Gasteiger partial charge in [0.05, 0.1) is 17.7 Å². The highest BCUT2D eigenvalue weighted by atomic mass is 35.5. The number of rotatable bonds is 5. The van der Waals surface area contributed by atoms with Gasteiger partial charge >= 0.3 is 0 Å². The lowest BCUT2D eigenvalue weighted by atomic mass is 10.2. The SMILES string of the molecule is COc1ccc(CC(=O)Sc2nnc(-c3ccccc3Cl)o2)cc1. The number of nitrogens with zero attached hydrogens (tertiary/aromatic N) is 2. The van der Waals surface area contributed by atoms with Crippen LogP contribution < -0.4 is 4.74 Å². The lowest BCUT2D eigenvalue weighted by molar-refractivity contribution is -0.110. The molecule has 0 aliphatic rings. The van der Waals surface area contributed by atoms with E-state index in [1.165, 1.54) is 0 Å². The van der Waals surface area contributed by atoms with Crippen LogP contribution in [-0.2, 0) is 11.2 Å². The molecule has 0 amide bonds. The number of benzene rings is 2. The van der Waals surface area contributed by atoms with Gasteiger partial charge in [0.1, 0.15) is 5.75 Å². The maximum Gasteiger partial charge on any atom is 0.284 e. The molecule has 7 heteroatoms. The minimum Gasteiger partial charge on any atom is -0.497 e. The topological polar surface area (TPSA) is 65.2 Å². The Bertz CT molecular complexity index is 849. The molecule has 0 aliphatic carbocycles. The number of methoxy groups -OCH3 is 1. The fourth-order valence-corrected chi connectivity index (χ4v) is 2.89. The van der Waals surface area contributed by atoms with Crippen LogP contribution >= 0.6 is 23.4 Å². The number of ether oxygens (including phenoxy) is 1. The summed E-state index contributed by atoms with van der Waals surface area (Å²) in [5, 5.41) is 8.45. The molecule has 1 heterocycles. The van der Waals surface area contributed by atoms with Gasteiger partial charge in [-0.25, -0.2) is 0 Å². The van der Waals surface area contributed by atoms with Crippen molar-refractivity contribution in [3.8, 4) is 17.2 Å².